The van der Waals surface area contributed by atoms with Crippen LogP contribution in [0.3, 0.4) is 0 Å². The highest BCUT2D eigenvalue weighted by molar-refractivity contribution is 7.89. The molecule has 1 saturated heterocycles. The summed E-state index contributed by atoms with van der Waals surface area (Å²) in [5.41, 5.74) is 1.86. The van der Waals surface area contributed by atoms with Crippen LogP contribution in [0.25, 0.3) is 0 Å². The van der Waals surface area contributed by atoms with Crippen molar-refractivity contribution in [3.63, 3.8) is 0 Å². The van der Waals surface area contributed by atoms with Crippen molar-refractivity contribution in [1.82, 2.24) is 9.21 Å². The molecule has 0 saturated carbocycles. The topological polar surface area (TPSA) is 66.9 Å². The smallest absolute Gasteiger partial charge is 0.260 e. The largest absolute Gasteiger partial charge is 0.483 e. The molecule has 9 heteroatoms. The van der Waals surface area contributed by atoms with Gasteiger partial charge in [0.25, 0.3) is 5.91 Å². The third kappa shape index (κ3) is 4.56. The summed E-state index contributed by atoms with van der Waals surface area (Å²) >= 11 is 0. The van der Waals surface area contributed by atoms with Gasteiger partial charge in [0.05, 0.1) is 4.90 Å². The van der Waals surface area contributed by atoms with E-state index in [-0.39, 0.29) is 43.6 Å². The van der Waals surface area contributed by atoms with Gasteiger partial charge in [0.1, 0.15) is 5.75 Å². The first-order valence-electron chi connectivity index (χ1n) is 9.12. The number of nitrogens with zero attached hydrogens (tertiary/aromatic N) is 2. The van der Waals surface area contributed by atoms with Gasteiger partial charge in [0, 0.05) is 26.2 Å². The average Bonchev–Trinajstić information content (AvgIpc) is 2.69. The van der Waals surface area contributed by atoms with E-state index in [4.69, 9.17) is 4.74 Å². The molecular formula is C20H22F2N2O4S. The first kappa shape index (κ1) is 21.2. The quantitative estimate of drug-likeness (QED) is 0.740. The van der Waals surface area contributed by atoms with Crippen molar-refractivity contribution in [2.24, 2.45) is 0 Å². The molecular weight excluding hydrogens is 402 g/mol. The highest BCUT2D eigenvalue weighted by Crippen LogP contribution is 2.23. The second kappa shape index (κ2) is 8.46. The fourth-order valence-electron chi connectivity index (χ4n) is 3.22. The molecule has 2 aromatic rings. The van der Waals surface area contributed by atoms with Crippen LogP contribution in [0.5, 0.6) is 5.75 Å². The zero-order valence-electron chi connectivity index (χ0n) is 16.2. The van der Waals surface area contributed by atoms with Gasteiger partial charge in [-0.2, -0.15) is 4.31 Å². The van der Waals surface area contributed by atoms with Gasteiger partial charge >= 0.3 is 0 Å². The van der Waals surface area contributed by atoms with E-state index >= 15 is 0 Å². The van der Waals surface area contributed by atoms with Gasteiger partial charge in [-0.3, -0.25) is 4.79 Å². The highest BCUT2D eigenvalue weighted by atomic mass is 32.2. The van der Waals surface area contributed by atoms with E-state index < -0.39 is 21.7 Å². The molecule has 0 N–H and O–H groups in total. The maximum atomic E-state index is 13.4. The van der Waals surface area contributed by atoms with Crippen LogP contribution in [0.15, 0.2) is 41.3 Å². The molecule has 29 heavy (non-hydrogen) atoms. The average molecular weight is 424 g/mol. The lowest BCUT2D eigenvalue weighted by Gasteiger charge is -2.34. The van der Waals surface area contributed by atoms with Crippen LogP contribution < -0.4 is 4.74 Å². The van der Waals surface area contributed by atoms with Gasteiger partial charge < -0.3 is 9.64 Å². The van der Waals surface area contributed by atoms with E-state index in [0.29, 0.717) is 11.8 Å². The number of amides is 1. The molecule has 1 aliphatic rings. The van der Waals surface area contributed by atoms with E-state index in [1.807, 2.05) is 32.0 Å². The molecule has 1 aliphatic heterocycles. The number of carbonyl (C=O) groups is 1. The Bertz CT molecular complexity index is 999. The summed E-state index contributed by atoms with van der Waals surface area (Å²) < 4.78 is 58.6. The Kier molecular flexibility index (Phi) is 6.18. The molecule has 0 spiro atoms. The molecule has 0 aromatic heterocycles. The molecule has 0 bridgehead atoms. The number of benzene rings is 2. The van der Waals surface area contributed by atoms with Crippen LogP contribution in [0.1, 0.15) is 11.1 Å². The van der Waals surface area contributed by atoms with Crippen molar-refractivity contribution in [2.45, 2.75) is 18.7 Å². The maximum Gasteiger partial charge on any atom is 0.260 e. The van der Waals surface area contributed by atoms with Crippen molar-refractivity contribution in [1.29, 1.82) is 0 Å². The zero-order valence-corrected chi connectivity index (χ0v) is 17.0. The van der Waals surface area contributed by atoms with Crippen molar-refractivity contribution in [3.8, 4) is 5.75 Å². The summed E-state index contributed by atoms with van der Waals surface area (Å²) in [7, 11) is -3.96. The van der Waals surface area contributed by atoms with Crippen LogP contribution in [-0.4, -0.2) is 56.3 Å². The van der Waals surface area contributed by atoms with E-state index in [1.165, 1.54) is 4.90 Å². The van der Waals surface area contributed by atoms with Crippen LogP contribution in [0.4, 0.5) is 8.78 Å². The van der Waals surface area contributed by atoms with E-state index in [0.717, 1.165) is 27.6 Å². The monoisotopic (exact) mass is 424 g/mol. The summed E-state index contributed by atoms with van der Waals surface area (Å²) in [5, 5.41) is 0. The molecule has 0 unspecified atom stereocenters. The number of aryl methyl sites for hydroxylation is 2. The first-order valence-corrected chi connectivity index (χ1v) is 10.6. The summed E-state index contributed by atoms with van der Waals surface area (Å²) in [6.07, 6.45) is 0. The van der Waals surface area contributed by atoms with Gasteiger partial charge in [-0.05, 0) is 43.2 Å². The number of ether oxygens (including phenoxy) is 1. The minimum Gasteiger partial charge on any atom is -0.483 e. The van der Waals surface area contributed by atoms with E-state index in [2.05, 4.69) is 0 Å². The summed E-state index contributed by atoms with van der Waals surface area (Å²) in [6.45, 7) is 4.17. The number of rotatable bonds is 5. The summed E-state index contributed by atoms with van der Waals surface area (Å²) in [5.74, 6) is -1.90. The number of para-hydroxylation sites is 1. The molecule has 1 heterocycles. The zero-order chi connectivity index (χ0) is 21.2. The molecule has 6 nitrogen and oxygen atoms in total. The summed E-state index contributed by atoms with van der Waals surface area (Å²) in [6, 6.07) is 8.19. The lowest BCUT2D eigenvalue weighted by Crippen LogP contribution is -2.51. The number of halogens is 2. The van der Waals surface area contributed by atoms with Crippen molar-refractivity contribution < 1.29 is 26.7 Å². The van der Waals surface area contributed by atoms with Gasteiger partial charge in [0.2, 0.25) is 10.0 Å². The normalized spacial score (nSPS) is 15.4. The number of piperazine rings is 1. The van der Waals surface area contributed by atoms with Crippen LogP contribution in [0.2, 0.25) is 0 Å². The van der Waals surface area contributed by atoms with Gasteiger partial charge in [-0.1, -0.05) is 18.2 Å². The number of carbonyl (C=O) groups excluding carboxylic acids is 1. The van der Waals surface area contributed by atoms with Gasteiger partial charge in [0.15, 0.2) is 18.2 Å². The minimum atomic E-state index is -3.96. The molecule has 156 valence electrons. The van der Waals surface area contributed by atoms with E-state index in [1.54, 1.807) is 0 Å². The Hall–Kier alpha value is -2.52. The predicted molar refractivity (Wildman–Crippen MR) is 103 cm³/mol. The molecule has 0 aliphatic carbocycles. The Labute approximate surface area is 168 Å². The Morgan fingerprint density at radius 3 is 2.21 bits per heavy atom. The second-order valence-corrected chi connectivity index (χ2v) is 8.81. The lowest BCUT2D eigenvalue weighted by molar-refractivity contribution is -0.134. The van der Waals surface area contributed by atoms with Crippen molar-refractivity contribution >= 4 is 15.9 Å². The van der Waals surface area contributed by atoms with Crippen LogP contribution in [-0.2, 0) is 14.8 Å². The Morgan fingerprint density at radius 2 is 1.62 bits per heavy atom. The Balaban J connectivity index is 1.59. The highest BCUT2D eigenvalue weighted by Gasteiger charge is 2.30. The molecule has 1 fully saturated rings. The third-order valence-corrected chi connectivity index (χ3v) is 6.76. The molecule has 1 amide bonds. The lowest BCUT2D eigenvalue weighted by atomic mass is 10.1. The fraction of sp³-hybridized carbons (Fsp3) is 0.350. The van der Waals surface area contributed by atoms with Crippen LogP contribution in [0, 0.1) is 25.5 Å². The van der Waals surface area contributed by atoms with Crippen molar-refractivity contribution in [3.05, 3.63) is 59.2 Å². The second-order valence-electron chi connectivity index (χ2n) is 6.87. The Morgan fingerprint density at radius 1 is 1.00 bits per heavy atom. The van der Waals surface area contributed by atoms with Gasteiger partial charge in [-0.25, -0.2) is 17.2 Å². The molecule has 0 radical (unpaired) electrons. The molecule has 0 atom stereocenters. The number of hydrogen-bond donors (Lipinski definition) is 0. The standard InChI is InChI=1S/C20H22F2N2O4S/c1-14-4-3-5-15(2)20(14)28-13-19(25)23-8-10-24(11-9-23)29(26,27)16-6-7-17(21)18(22)12-16/h3-7,12H,8-11,13H2,1-2H3. The number of sulfonamides is 1. The number of hydrogen-bond acceptors (Lipinski definition) is 4. The minimum absolute atomic E-state index is 0.0659. The van der Waals surface area contributed by atoms with Crippen molar-refractivity contribution in [2.75, 3.05) is 32.8 Å². The first-order chi connectivity index (χ1) is 13.7. The third-order valence-electron chi connectivity index (χ3n) is 4.87. The fourth-order valence-corrected chi connectivity index (χ4v) is 4.65. The van der Waals surface area contributed by atoms with Crippen LogP contribution >= 0.6 is 0 Å². The summed E-state index contributed by atoms with van der Waals surface area (Å²) in [4.78, 5) is 13.7. The SMILES string of the molecule is Cc1cccc(C)c1OCC(=O)N1CCN(S(=O)(=O)c2ccc(F)c(F)c2)CC1. The molecule has 2 aromatic carbocycles. The molecule has 3 rings (SSSR count). The van der Waals surface area contributed by atoms with Gasteiger partial charge in [-0.15, -0.1) is 0 Å². The maximum absolute atomic E-state index is 13.4. The predicted octanol–water partition coefficient (Wildman–Crippen LogP) is 2.49. The van der Waals surface area contributed by atoms with E-state index in [9.17, 15) is 22.0 Å².